The number of hydrogen-bond acceptors (Lipinski definition) is 9. The molecule has 6 rings (SSSR count). The molecule has 11 heteroatoms. The molecule has 0 bridgehead atoms. The maximum absolute atomic E-state index is 12.7. The molecule has 1 aliphatic rings. The number of aromatic nitrogens is 6. The van der Waals surface area contributed by atoms with E-state index in [2.05, 4.69) is 30.5 Å². The molecule has 0 saturated heterocycles. The molecule has 1 saturated carbocycles. The molecule has 11 nitrogen and oxygen atoms in total. The summed E-state index contributed by atoms with van der Waals surface area (Å²) in [5, 5.41) is 13.6. The minimum Gasteiger partial charge on any atom is -0.496 e. The van der Waals surface area contributed by atoms with Gasteiger partial charge in [-0.25, -0.2) is 14.8 Å². The molecule has 0 unspecified atom stereocenters. The van der Waals surface area contributed by atoms with Gasteiger partial charge in [-0.15, -0.1) is 4.68 Å². The van der Waals surface area contributed by atoms with Crippen LogP contribution in [0.2, 0.25) is 0 Å². The fourth-order valence-electron chi connectivity index (χ4n) is 4.77. The summed E-state index contributed by atoms with van der Waals surface area (Å²) in [5.74, 6) is 3.36. The van der Waals surface area contributed by atoms with Gasteiger partial charge in [-0.05, 0) is 52.7 Å². The van der Waals surface area contributed by atoms with E-state index in [0.29, 0.717) is 40.5 Å². The third kappa shape index (κ3) is 3.87. The Balaban J connectivity index is 1.52. The third-order valence-electron chi connectivity index (χ3n) is 6.60. The number of benzene rings is 1. The molecular formula is C26H27N7O4. The maximum Gasteiger partial charge on any atom is 0.436 e. The van der Waals surface area contributed by atoms with Crippen LogP contribution in [-0.4, -0.2) is 49.7 Å². The zero-order valence-electron chi connectivity index (χ0n) is 21.3. The van der Waals surface area contributed by atoms with Crippen LogP contribution < -0.4 is 10.1 Å². The first-order chi connectivity index (χ1) is 17.9. The van der Waals surface area contributed by atoms with Crippen molar-refractivity contribution in [1.82, 2.24) is 29.9 Å². The van der Waals surface area contributed by atoms with Crippen LogP contribution >= 0.6 is 0 Å². The Morgan fingerprint density at radius 2 is 2.03 bits per heavy atom. The van der Waals surface area contributed by atoms with E-state index in [1.807, 2.05) is 39.0 Å². The van der Waals surface area contributed by atoms with Gasteiger partial charge in [-0.2, -0.15) is 5.10 Å². The molecule has 0 atom stereocenters. The number of hydrogen-bond donors (Lipinski definition) is 2. The first kappa shape index (κ1) is 23.0. The lowest BCUT2D eigenvalue weighted by atomic mass is 10.0. The normalized spacial score (nSPS) is 13.4. The van der Waals surface area contributed by atoms with E-state index in [1.54, 1.807) is 14.0 Å². The number of H-pyrrole nitrogens is 1. The van der Waals surface area contributed by atoms with E-state index in [4.69, 9.17) is 14.0 Å². The number of rotatable bonds is 6. The Morgan fingerprint density at radius 3 is 2.70 bits per heavy atom. The monoisotopic (exact) mass is 501 g/mol. The van der Waals surface area contributed by atoms with Gasteiger partial charge in [0, 0.05) is 28.5 Å². The fraction of sp³-hybridized carbons (Fsp3) is 0.346. The van der Waals surface area contributed by atoms with Crippen LogP contribution in [0.15, 0.2) is 22.7 Å². The zero-order valence-corrected chi connectivity index (χ0v) is 21.3. The number of nitrogens with zero attached hydrogens (tertiary/aromatic N) is 5. The quantitative estimate of drug-likeness (QED) is 0.308. The minimum atomic E-state index is -0.538. The van der Waals surface area contributed by atoms with Crippen molar-refractivity contribution < 1.29 is 18.8 Å². The Labute approximate surface area is 212 Å². The highest BCUT2D eigenvalue weighted by Gasteiger charge is 2.29. The summed E-state index contributed by atoms with van der Waals surface area (Å²) in [7, 11) is 1.63. The number of aromatic amines is 1. The second kappa shape index (κ2) is 8.61. The smallest absolute Gasteiger partial charge is 0.436 e. The predicted molar refractivity (Wildman–Crippen MR) is 138 cm³/mol. The van der Waals surface area contributed by atoms with Gasteiger partial charge in [-0.1, -0.05) is 5.16 Å². The Bertz CT molecular complexity index is 1660. The van der Waals surface area contributed by atoms with Crippen molar-refractivity contribution in [3.05, 3.63) is 41.2 Å². The molecule has 4 aromatic heterocycles. The molecule has 37 heavy (non-hydrogen) atoms. The van der Waals surface area contributed by atoms with Gasteiger partial charge >= 0.3 is 6.09 Å². The van der Waals surface area contributed by atoms with Crippen molar-refractivity contribution in [3.8, 4) is 16.9 Å². The van der Waals surface area contributed by atoms with Crippen LogP contribution in [0.5, 0.6) is 5.75 Å². The molecule has 0 spiro atoms. The topological polar surface area (TPSA) is 133 Å². The number of fused-ring (bicyclic) bond motifs is 3. The Morgan fingerprint density at radius 1 is 1.22 bits per heavy atom. The Hall–Kier alpha value is -4.41. The second-order valence-corrected chi connectivity index (χ2v) is 9.23. The molecule has 5 aromatic rings. The van der Waals surface area contributed by atoms with E-state index in [9.17, 15) is 4.79 Å². The zero-order chi connectivity index (χ0) is 25.8. The molecule has 0 radical (unpaired) electrons. The van der Waals surface area contributed by atoms with Gasteiger partial charge in [0.15, 0.2) is 0 Å². The molecule has 1 fully saturated rings. The Kier molecular flexibility index (Phi) is 5.36. The number of methoxy groups -OCH3 is 1. The van der Waals surface area contributed by atoms with Gasteiger partial charge in [0.05, 0.1) is 36.1 Å². The molecule has 0 aliphatic heterocycles. The molecule has 190 valence electrons. The largest absolute Gasteiger partial charge is 0.496 e. The summed E-state index contributed by atoms with van der Waals surface area (Å²) in [5.41, 5.74) is 4.92. The van der Waals surface area contributed by atoms with Crippen LogP contribution in [0.1, 0.15) is 48.7 Å². The van der Waals surface area contributed by atoms with E-state index in [-0.39, 0.29) is 6.61 Å². The van der Waals surface area contributed by atoms with Gasteiger partial charge in [-0.3, -0.25) is 0 Å². The summed E-state index contributed by atoms with van der Waals surface area (Å²) in [6.07, 6.45) is 1.58. The number of carbonyl (C=O) groups is 1. The van der Waals surface area contributed by atoms with Crippen molar-refractivity contribution >= 4 is 39.7 Å². The van der Waals surface area contributed by atoms with Gasteiger partial charge in [0.2, 0.25) is 0 Å². The standard InChI is InChI=1S/C26H27N7O4/c1-6-36-26(34)33-21(11-18(31-33)15-7-8-15)30-25-23-16-10-20(35-5)17(22-12(2)32-37-13(22)3)9-19(16)29-24(23)27-14(4)28-25/h9-11,15H,6-8H2,1-5H3,(H2,27,28,29,30). The van der Waals surface area contributed by atoms with Crippen LogP contribution in [-0.2, 0) is 4.74 Å². The first-order valence-electron chi connectivity index (χ1n) is 12.2. The third-order valence-corrected chi connectivity index (χ3v) is 6.60. The predicted octanol–water partition coefficient (Wildman–Crippen LogP) is 5.52. The lowest BCUT2D eigenvalue weighted by molar-refractivity contribution is 0.151. The number of ether oxygens (including phenoxy) is 2. The average molecular weight is 502 g/mol. The van der Waals surface area contributed by atoms with Gasteiger partial charge in [0.25, 0.3) is 0 Å². The molecule has 0 amide bonds. The fourth-order valence-corrected chi connectivity index (χ4v) is 4.77. The minimum absolute atomic E-state index is 0.253. The number of anilines is 2. The van der Waals surface area contributed by atoms with Crippen LogP contribution in [0, 0.1) is 20.8 Å². The summed E-state index contributed by atoms with van der Waals surface area (Å²) >= 11 is 0. The molecule has 4 heterocycles. The highest BCUT2D eigenvalue weighted by Crippen LogP contribution is 2.42. The summed E-state index contributed by atoms with van der Waals surface area (Å²) in [6, 6.07) is 5.86. The first-order valence-corrected chi connectivity index (χ1v) is 12.2. The van der Waals surface area contributed by atoms with Crippen LogP contribution in [0.3, 0.4) is 0 Å². The van der Waals surface area contributed by atoms with E-state index < -0.39 is 6.09 Å². The molecule has 1 aliphatic carbocycles. The van der Waals surface area contributed by atoms with Crippen LogP contribution in [0.4, 0.5) is 16.4 Å². The lowest BCUT2D eigenvalue weighted by Gasteiger charge is -2.11. The maximum atomic E-state index is 12.7. The number of nitrogens with one attached hydrogen (secondary N) is 2. The van der Waals surface area contributed by atoms with Crippen molar-refractivity contribution in [2.75, 3.05) is 19.0 Å². The van der Waals surface area contributed by atoms with Gasteiger partial charge < -0.3 is 24.3 Å². The summed E-state index contributed by atoms with van der Waals surface area (Å²) in [6.45, 7) is 7.63. The van der Waals surface area contributed by atoms with Crippen molar-refractivity contribution in [2.45, 2.75) is 46.5 Å². The lowest BCUT2D eigenvalue weighted by Crippen LogP contribution is -2.17. The summed E-state index contributed by atoms with van der Waals surface area (Å²) < 4.78 is 17.7. The molecular weight excluding hydrogens is 474 g/mol. The van der Waals surface area contributed by atoms with Crippen LogP contribution in [0.25, 0.3) is 33.1 Å². The van der Waals surface area contributed by atoms with Gasteiger partial charge in [0.1, 0.15) is 34.6 Å². The second-order valence-electron chi connectivity index (χ2n) is 9.23. The van der Waals surface area contributed by atoms with Crippen molar-refractivity contribution in [3.63, 3.8) is 0 Å². The van der Waals surface area contributed by atoms with E-state index in [0.717, 1.165) is 51.6 Å². The average Bonchev–Trinajstić information content (AvgIpc) is 3.41. The number of aryl methyl sites for hydroxylation is 3. The molecule has 1 aromatic carbocycles. The van der Waals surface area contributed by atoms with Crippen molar-refractivity contribution in [1.29, 1.82) is 0 Å². The highest BCUT2D eigenvalue weighted by atomic mass is 16.6. The molecule has 2 N–H and O–H groups in total. The number of carbonyl (C=O) groups excluding carboxylic acids is 1. The highest BCUT2D eigenvalue weighted by molar-refractivity contribution is 6.13. The SMILES string of the molecule is CCOC(=O)n1nc(C2CC2)cc1Nc1nc(C)nc2[nH]c3cc(-c4c(C)noc4C)c(OC)cc3c12. The van der Waals surface area contributed by atoms with E-state index in [1.165, 1.54) is 4.68 Å². The van der Waals surface area contributed by atoms with Crippen molar-refractivity contribution in [2.24, 2.45) is 0 Å². The summed E-state index contributed by atoms with van der Waals surface area (Å²) in [4.78, 5) is 25.4. The van der Waals surface area contributed by atoms with E-state index >= 15 is 0 Å².